The fourth-order valence-electron chi connectivity index (χ4n) is 2.62. The molecule has 0 spiro atoms. The van der Waals surface area contributed by atoms with E-state index < -0.39 is 0 Å². The van der Waals surface area contributed by atoms with E-state index in [2.05, 4.69) is 26.5 Å². The molecule has 0 aromatic heterocycles. The molecule has 1 rings (SSSR count). The molecule has 1 heteroatoms. The van der Waals surface area contributed by atoms with Gasteiger partial charge < -0.3 is 0 Å². The van der Waals surface area contributed by atoms with Crippen LogP contribution in [0.5, 0.6) is 0 Å². The van der Waals surface area contributed by atoms with E-state index in [0.29, 0.717) is 5.92 Å². The second kappa shape index (κ2) is 5.47. The summed E-state index contributed by atoms with van der Waals surface area (Å²) in [7, 11) is 0. The Bertz CT molecular complexity index is 295. The van der Waals surface area contributed by atoms with Gasteiger partial charge in [0.15, 0.2) is 5.78 Å². The maximum atomic E-state index is 11.1. The number of hydrogen-bond acceptors (Lipinski definition) is 1. The summed E-state index contributed by atoms with van der Waals surface area (Å²) >= 11 is 0. The Kier molecular flexibility index (Phi) is 4.52. The van der Waals surface area contributed by atoms with Gasteiger partial charge >= 0.3 is 0 Å². The van der Waals surface area contributed by atoms with Crippen molar-refractivity contribution in [2.24, 2.45) is 11.3 Å². The minimum absolute atomic E-state index is 0.00604. The zero-order valence-electron chi connectivity index (χ0n) is 10.9. The van der Waals surface area contributed by atoms with Crippen molar-refractivity contribution in [3.05, 3.63) is 24.3 Å². The summed E-state index contributed by atoms with van der Waals surface area (Å²) in [4.78, 5) is 11.1. The zero-order valence-corrected chi connectivity index (χ0v) is 10.9. The molecule has 1 fully saturated rings. The lowest BCUT2D eigenvalue weighted by Crippen LogP contribution is -2.28. The van der Waals surface area contributed by atoms with Crippen LogP contribution in [0.4, 0.5) is 0 Å². The molecule has 0 aliphatic heterocycles. The highest BCUT2D eigenvalue weighted by atomic mass is 16.1. The normalized spacial score (nSPS) is 21.9. The molecule has 0 N–H and O–H groups in total. The molecule has 1 saturated carbocycles. The van der Waals surface area contributed by atoms with Crippen LogP contribution < -0.4 is 0 Å². The largest absolute Gasteiger partial charge is 0.295 e. The van der Waals surface area contributed by atoms with Gasteiger partial charge in [0.25, 0.3) is 0 Å². The lowest BCUT2D eigenvalue weighted by atomic mass is 9.66. The number of hydrogen-bond donors (Lipinski definition) is 0. The minimum atomic E-state index is 0.00604. The maximum Gasteiger partial charge on any atom is 0.152 e. The molecule has 1 unspecified atom stereocenters. The predicted octanol–water partition coefficient (Wildman–Crippen LogP) is 4.29. The molecular formula is C15H24O. The molecule has 0 amide bonds. The summed E-state index contributed by atoms with van der Waals surface area (Å²) in [5, 5.41) is 0. The van der Waals surface area contributed by atoms with Gasteiger partial charge in [0.05, 0.1) is 0 Å². The highest BCUT2D eigenvalue weighted by Gasteiger charge is 2.33. The molecule has 0 aromatic carbocycles. The van der Waals surface area contributed by atoms with E-state index in [9.17, 15) is 4.79 Å². The summed E-state index contributed by atoms with van der Waals surface area (Å²) in [5.41, 5.74) is 1.18. The van der Waals surface area contributed by atoms with Crippen molar-refractivity contribution < 1.29 is 4.79 Å². The van der Waals surface area contributed by atoms with Gasteiger partial charge in [-0.05, 0) is 38.7 Å². The highest BCUT2D eigenvalue weighted by molar-refractivity contribution is 5.87. The molecule has 90 valence electrons. The molecular weight excluding hydrogens is 196 g/mol. The molecule has 1 aliphatic rings. The van der Waals surface area contributed by atoms with E-state index in [1.54, 1.807) is 13.0 Å². The summed E-state index contributed by atoms with van der Waals surface area (Å²) in [6.07, 6.45) is 10.3. The van der Waals surface area contributed by atoms with Crippen LogP contribution in [0.1, 0.15) is 52.9 Å². The number of ketones is 1. The molecule has 0 heterocycles. The summed E-state index contributed by atoms with van der Waals surface area (Å²) in [6.45, 7) is 10.0. The zero-order chi connectivity index (χ0) is 12.2. The Morgan fingerprint density at radius 3 is 2.25 bits per heavy atom. The van der Waals surface area contributed by atoms with Crippen LogP contribution in [0.2, 0.25) is 0 Å². The van der Waals surface area contributed by atoms with Gasteiger partial charge in [-0.25, -0.2) is 0 Å². The number of rotatable bonds is 4. The molecule has 0 radical (unpaired) electrons. The second-order valence-electron chi connectivity index (χ2n) is 5.34. The van der Waals surface area contributed by atoms with Crippen molar-refractivity contribution in [1.29, 1.82) is 0 Å². The third-order valence-corrected chi connectivity index (χ3v) is 4.04. The second-order valence-corrected chi connectivity index (χ2v) is 5.34. The third-order valence-electron chi connectivity index (χ3n) is 4.04. The van der Waals surface area contributed by atoms with Crippen molar-refractivity contribution in [3.63, 3.8) is 0 Å². The Labute approximate surface area is 99.6 Å². The monoisotopic (exact) mass is 220 g/mol. The molecule has 0 aromatic rings. The Morgan fingerprint density at radius 2 is 1.81 bits per heavy atom. The Balaban J connectivity index is 2.86. The van der Waals surface area contributed by atoms with E-state index in [1.165, 1.54) is 37.7 Å². The van der Waals surface area contributed by atoms with Gasteiger partial charge in [0.2, 0.25) is 0 Å². The molecule has 0 bridgehead atoms. The van der Waals surface area contributed by atoms with Crippen LogP contribution in [0.25, 0.3) is 0 Å². The van der Waals surface area contributed by atoms with E-state index in [4.69, 9.17) is 0 Å². The van der Waals surface area contributed by atoms with Gasteiger partial charge in [0, 0.05) is 5.41 Å². The van der Waals surface area contributed by atoms with Gasteiger partial charge in [0.1, 0.15) is 0 Å². The summed E-state index contributed by atoms with van der Waals surface area (Å²) < 4.78 is 0. The van der Waals surface area contributed by atoms with Gasteiger partial charge in [-0.2, -0.15) is 0 Å². The van der Waals surface area contributed by atoms with Crippen LogP contribution in [-0.4, -0.2) is 5.78 Å². The Morgan fingerprint density at radius 1 is 1.25 bits per heavy atom. The average molecular weight is 220 g/mol. The number of carbonyl (C=O) groups excluding carboxylic acids is 1. The summed E-state index contributed by atoms with van der Waals surface area (Å²) in [5.74, 6) is 0.789. The Hall–Kier alpha value is -0.850. The van der Waals surface area contributed by atoms with Crippen LogP contribution >= 0.6 is 0 Å². The first-order valence-corrected chi connectivity index (χ1v) is 6.32. The standard InChI is InChI=1S/C15H24O/c1-12(2)15(4,11-10-13(3)16)14-8-6-5-7-9-14/h10-11,14H,1,5-9H2,2-4H3/b11-10-. The minimum Gasteiger partial charge on any atom is -0.295 e. The van der Waals surface area contributed by atoms with Crippen molar-refractivity contribution in [1.82, 2.24) is 0 Å². The first-order chi connectivity index (χ1) is 7.47. The first-order valence-electron chi connectivity index (χ1n) is 6.32. The average Bonchev–Trinajstić information content (AvgIpc) is 2.26. The van der Waals surface area contributed by atoms with E-state index >= 15 is 0 Å². The van der Waals surface area contributed by atoms with Gasteiger partial charge in [-0.15, -0.1) is 0 Å². The van der Waals surface area contributed by atoms with Crippen molar-refractivity contribution in [2.75, 3.05) is 0 Å². The van der Waals surface area contributed by atoms with Crippen LogP contribution in [0, 0.1) is 11.3 Å². The van der Waals surface area contributed by atoms with E-state index in [0.717, 1.165) is 0 Å². The van der Waals surface area contributed by atoms with E-state index in [1.807, 2.05) is 0 Å². The van der Waals surface area contributed by atoms with Gasteiger partial charge in [-0.1, -0.05) is 44.4 Å². The SMILES string of the molecule is C=C(C)C(C)(/C=C\C(C)=O)C1CCCCC1. The molecule has 1 atom stereocenters. The predicted molar refractivity (Wildman–Crippen MR) is 69.3 cm³/mol. The summed E-state index contributed by atoms with van der Waals surface area (Å²) in [6, 6.07) is 0. The maximum absolute atomic E-state index is 11.1. The first kappa shape index (κ1) is 13.2. The highest BCUT2D eigenvalue weighted by Crippen LogP contribution is 2.43. The lowest BCUT2D eigenvalue weighted by Gasteiger charge is -2.38. The van der Waals surface area contributed by atoms with Crippen LogP contribution in [0.15, 0.2) is 24.3 Å². The number of carbonyl (C=O) groups is 1. The van der Waals surface area contributed by atoms with Crippen molar-refractivity contribution in [3.8, 4) is 0 Å². The van der Waals surface area contributed by atoms with Crippen molar-refractivity contribution in [2.45, 2.75) is 52.9 Å². The van der Waals surface area contributed by atoms with Gasteiger partial charge in [-0.3, -0.25) is 4.79 Å². The quantitative estimate of drug-likeness (QED) is 0.510. The smallest absolute Gasteiger partial charge is 0.152 e. The van der Waals surface area contributed by atoms with Crippen LogP contribution in [-0.2, 0) is 4.79 Å². The third kappa shape index (κ3) is 3.07. The van der Waals surface area contributed by atoms with E-state index in [-0.39, 0.29) is 11.2 Å². The topological polar surface area (TPSA) is 17.1 Å². The number of allylic oxidation sites excluding steroid dienone is 3. The van der Waals surface area contributed by atoms with Crippen LogP contribution in [0.3, 0.4) is 0 Å². The fourth-order valence-corrected chi connectivity index (χ4v) is 2.62. The molecule has 1 nitrogen and oxygen atoms in total. The molecule has 16 heavy (non-hydrogen) atoms. The molecule has 0 saturated heterocycles. The lowest BCUT2D eigenvalue weighted by molar-refractivity contribution is -0.112. The van der Waals surface area contributed by atoms with Crippen molar-refractivity contribution >= 4 is 5.78 Å². The fraction of sp³-hybridized carbons (Fsp3) is 0.667. The molecule has 1 aliphatic carbocycles.